The van der Waals surface area contributed by atoms with Crippen LogP contribution in [0, 0.1) is 5.41 Å². The largest absolute Gasteiger partial charge is 0.395 e. The van der Waals surface area contributed by atoms with Crippen molar-refractivity contribution in [3.63, 3.8) is 0 Å². The monoisotopic (exact) mass is 291 g/mol. The molecule has 0 saturated carbocycles. The Labute approximate surface area is 126 Å². The van der Waals surface area contributed by atoms with E-state index in [2.05, 4.69) is 9.88 Å². The molecule has 1 aliphatic rings. The number of amides is 1. The van der Waals surface area contributed by atoms with E-state index >= 15 is 0 Å². The molecule has 1 atom stereocenters. The molecule has 1 aliphatic heterocycles. The van der Waals surface area contributed by atoms with E-state index in [1.165, 1.54) is 0 Å². The molecule has 0 aromatic carbocycles. The van der Waals surface area contributed by atoms with Crippen LogP contribution in [0.4, 0.5) is 0 Å². The molecule has 3 N–H and O–H groups in total. The first-order valence-electron chi connectivity index (χ1n) is 7.69. The van der Waals surface area contributed by atoms with Crippen LogP contribution in [-0.2, 0) is 11.2 Å². The summed E-state index contributed by atoms with van der Waals surface area (Å²) >= 11 is 0. The minimum Gasteiger partial charge on any atom is -0.395 e. The minimum absolute atomic E-state index is 0.128. The molecule has 0 aliphatic carbocycles. The number of nitrogens with zero attached hydrogens (tertiary/aromatic N) is 2. The fourth-order valence-corrected chi connectivity index (χ4v) is 3.24. The summed E-state index contributed by atoms with van der Waals surface area (Å²) in [6.45, 7) is 2.36. The molecule has 1 aromatic rings. The highest BCUT2D eigenvalue weighted by Gasteiger charge is 2.39. The number of likely N-dealkylation sites (tertiary alicyclic amines) is 1. The first-order chi connectivity index (χ1) is 10.2. The second kappa shape index (κ2) is 7.52. The Morgan fingerprint density at radius 1 is 1.48 bits per heavy atom. The summed E-state index contributed by atoms with van der Waals surface area (Å²) in [7, 11) is 0. The predicted octanol–water partition coefficient (Wildman–Crippen LogP) is 0.964. The number of aryl methyl sites for hydroxylation is 1. The van der Waals surface area contributed by atoms with Gasteiger partial charge in [-0.3, -0.25) is 14.7 Å². The van der Waals surface area contributed by atoms with Crippen molar-refractivity contribution in [2.75, 3.05) is 26.2 Å². The summed E-state index contributed by atoms with van der Waals surface area (Å²) in [5.41, 5.74) is 6.31. The zero-order valence-electron chi connectivity index (χ0n) is 12.5. The zero-order chi connectivity index (χ0) is 15.1. The molecule has 0 bridgehead atoms. The van der Waals surface area contributed by atoms with Crippen molar-refractivity contribution >= 4 is 5.91 Å². The van der Waals surface area contributed by atoms with Gasteiger partial charge in [0.15, 0.2) is 0 Å². The topological polar surface area (TPSA) is 79.5 Å². The van der Waals surface area contributed by atoms with Gasteiger partial charge in [0.2, 0.25) is 5.91 Å². The maximum atomic E-state index is 12.0. The SMILES string of the molecule is NC(=O)[C@@]1(CCCc2ccccn2)CCCN(CCO)C1. The lowest BCUT2D eigenvalue weighted by Gasteiger charge is -2.40. The first-order valence-corrected chi connectivity index (χ1v) is 7.69. The highest BCUT2D eigenvalue weighted by atomic mass is 16.3. The average molecular weight is 291 g/mol. The van der Waals surface area contributed by atoms with E-state index in [0.717, 1.165) is 44.3 Å². The van der Waals surface area contributed by atoms with Crippen molar-refractivity contribution in [3.05, 3.63) is 30.1 Å². The summed E-state index contributed by atoms with van der Waals surface area (Å²) in [5.74, 6) is -0.203. The van der Waals surface area contributed by atoms with Crippen LogP contribution in [0.5, 0.6) is 0 Å². The second-order valence-electron chi connectivity index (χ2n) is 5.92. The van der Waals surface area contributed by atoms with Crippen molar-refractivity contribution in [2.45, 2.75) is 32.1 Å². The van der Waals surface area contributed by atoms with E-state index < -0.39 is 5.41 Å². The van der Waals surface area contributed by atoms with Gasteiger partial charge in [-0.2, -0.15) is 0 Å². The van der Waals surface area contributed by atoms with Crippen molar-refractivity contribution in [1.82, 2.24) is 9.88 Å². The van der Waals surface area contributed by atoms with Crippen molar-refractivity contribution in [3.8, 4) is 0 Å². The molecule has 1 saturated heterocycles. The van der Waals surface area contributed by atoms with Crippen molar-refractivity contribution in [2.24, 2.45) is 11.1 Å². The lowest BCUT2D eigenvalue weighted by atomic mass is 9.75. The Morgan fingerprint density at radius 3 is 3.00 bits per heavy atom. The Hall–Kier alpha value is -1.46. The summed E-state index contributed by atoms with van der Waals surface area (Å²) in [5, 5.41) is 9.09. The molecule has 0 unspecified atom stereocenters. The number of aliphatic hydroxyl groups excluding tert-OH is 1. The molecule has 2 rings (SSSR count). The highest BCUT2D eigenvalue weighted by Crippen LogP contribution is 2.34. The zero-order valence-corrected chi connectivity index (χ0v) is 12.5. The summed E-state index contributed by atoms with van der Waals surface area (Å²) in [6.07, 6.45) is 6.19. The molecule has 1 aromatic heterocycles. The minimum atomic E-state index is -0.442. The number of hydrogen-bond donors (Lipinski definition) is 2. The maximum Gasteiger partial charge on any atom is 0.224 e. The number of nitrogens with two attached hydrogens (primary N) is 1. The number of aromatic nitrogens is 1. The van der Waals surface area contributed by atoms with Gasteiger partial charge in [0.05, 0.1) is 12.0 Å². The molecule has 2 heterocycles. The van der Waals surface area contributed by atoms with Gasteiger partial charge in [-0.1, -0.05) is 6.07 Å². The van der Waals surface area contributed by atoms with Gasteiger partial charge in [-0.15, -0.1) is 0 Å². The number of primary amides is 1. The van der Waals surface area contributed by atoms with Crippen LogP contribution in [-0.4, -0.2) is 47.1 Å². The Balaban J connectivity index is 1.93. The number of β-amino-alcohol motifs (C(OH)–C–C–N with tert-alkyl or cyclic N) is 1. The number of hydrogen-bond acceptors (Lipinski definition) is 4. The first kappa shape index (κ1) is 15.9. The maximum absolute atomic E-state index is 12.0. The van der Waals surface area contributed by atoms with Crippen LogP contribution in [0.1, 0.15) is 31.4 Å². The average Bonchev–Trinajstić information content (AvgIpc) is 2.49. The molecule has 0 spiro atoms. The van der Waals surface area contributed by atoms with Crippen molar-refractivity contribution < 1.29 is 9.90 Å². The molecule has 21 heavy (non-hydrogen) atoms. The molecule has 1 fully saturated rings. The van der Waals surface area contributed by atoms with Gasteiger partial charge in [-0.25, -0.2) is 0 Å². The van der Waals surface area contributed by atoms with E-state index in [9.17, 15) is 4.79 Å². The normalized spacial score (nSPS) is 23.1. The van der Waals surface area contributed by atoms with Crippen LogP contribution in [0.15, 0.2) is 24.4 Å². The Bertz CT molecular complexity index is 450. The van der Waals surface area contributed by atoms with Gasteiger partial charge >= 0.3 is 0 Å². The highest BCUT2D eigenvalue weighted by molar-refractivity contribution is 5.81. The number of carbonyl (C=O) groups excluding carboxylic acids is 1. The van der Waals surface area contributed by atoms with Gasteiger partial charge in [0, 0.05) is 25.0 Å². The van der Waals surface area contributed by atoms with E-state index in [-0.39, 0.29) is 12.5 Å². The summed E-state index contributed by atoms with van der Waals surface area (Å²) in [6, 6.07) is 5.90. The lowest BCUT2D eigenvalue weighted by Crippen LogP contribution is -2.51. The Morgan fingerprint density at radius 2 is 2.33 bits per heavy atom. The van der Waals surface area contributed by atoms with E-state index in [1.807, 2.05) is 18.2 Å². The number of carbonyl (C=O) groups is 1. The Kier molecular flexibility index (Phi) is 5.70. The second-order valence-corrected chi connectivity index (χ2v) is 5.92. The molecule has 1 amide bonds. The molecule has 116 valence electrons. The van der Waals surface area contributed by atoms with Gasteiger partial charge in [-0.05, 0) is 50.8 Å². The third kappa shape index (κ3) is 4.25. The van der Waals surface area contributed by atoms with Gasteiger partial charge < -0.3 is 10.8 Å². The number of piperidine rings is 1. The molecule has 5 nitrogen and oxygen atoms in total. The third-order valence-corrected chi connectivity index (χ3v) is 4.41. The van der Waals surface area contributed by atoms with Gasteiger partial charge in [0.1, 0.15) is 0 Å². The van der Waals surface area contributed by atoms with E-state index in [0.29, 0.717) is 13.1 Å². The van der Waals surface area contributed by atoms with Gasteiger partial charge in [0.25, 0.3) is 0 Å². The van der Waals surface area contributed by atoms with Crippen LogP contribution < -0.4 is 5.73 Å². The fourth-order valence-electron chi connectivity index (χ4n) is 3.24. The van der Waals surface area contributed by atoms with E-state index in [4.69, 9.17) is 10.8 Å². The molecule has 0 radical (unpaired) electrons. The smallest absolute Gasteiger partial charge is 0.224 e. The quantitative estimate of drug-likeness (QED) is 0.784. The fraction of sp³-hybridized carbons (Fsp3) is 0.625. The lowest BCUT2D eigenvalue weighted by molar-refractivity contribution is -0.131. The van der Waals surface area contributed by atoms with Crippen LogP contribution in [0.3, 0.4) is 0 Å². The summed E-state index contributed by atoms with van der Waals surface area (Å²) < 4.78 is 0. The number of aliphatic hydroxyl groups is 1. The molecule has 5 heteroatoms. The van der Waals surface area contributed by atoms with Crippen LogP contribution >= 0.6 is 0 Å². The standard InChI is InChI=1S/C16H25N3O2/c17-15(21)16(8-4-10-19(13-16)11-12-20)7-3-6-14-5-1-2-9-18-14/h1-2,5,9,20H,3-4,6-8,10-13H2,(H2,17,21)/t16-/m0/s1. The molecular weight excluding hydrogens is 266 g/mol. The number of pyridine rings is 1. The number of rotatable bonds is 7. The predicted molar refractivity (Wildman–Crippen MR) is 81.6 cm³/mol. The van der Waals surface area contributed by atoms with E-state index in [1.54, 1.807) is 6.20 Å². The van der Waals surface area contributed by atoms with Crippen molar-refractivity contribution in [1.29, 1.82) is 0 Å². The molecular formula is C16H25N3O2. The third-order valence-electron chi connectivity index (χ3n) is 4.41. The van der Waals surface area contributed by atoms with Crippen LogP contribution in [0.25, 0.3) is 0 Å². The van der Waals surface area contributed by atoms with Crippen LogP contribution in [0.2, 0.25) is 0 Å². The summed E-state index contributed by atoms with van der Waals surface area (Å²) in [4.78, 5) is 18.4.